The monoisotopic (exact) mass is 224 g/mol. The molecule has 3 heteroatoms. The highest BCUT2D eigenvalue weighted by molar-refractivity contribution is 5.84. The standard InChI is InChI=1S/C13H20O3/c1-10(11(2)14)6-4-3-5-7-12-8-9-13(15)16-12/h8-10,12H,3-7H2,1-2H3/t10?,12-/m0/s1. The Kier molecular flexibility index (Phi) is 5.23. The molecule has 0 aromatic heterocycles. The number of ether oxygens (including phenoxy) is 1. The molecule has 0 saturated heterocycles. The van der Waals surface area contributed by atoms with E-state index in [4.69, 9.17) is 4.74 Å². The van der Waals surface area contributed by atoms with Crippen LogP contribution in [0, 0.1) is 5.92 Å². The molecule has 0 bridgehead atoms. The van der Waals surface area contributed by atoms with Crippen LogP contribution in [0.4, 0.5) is 0 Å². The average molecular weight is 224 g/mol. The van der Waals surface area contributed by atoms with Crippen molar-refractivity contribution in [1.29, 1.82) is 0 Å². The predicted molar refractivity (Wildman–Crippen MR) is 62.0 cm³/mol. The Morgan fingerprint density at radius 3 is 2.75 bits per heavy atom. The Bertz CT molecular complexity index is 281. The van der Waals surface area contributed by atoms with E-state index in [1.54, 1.807) is 6.92 Å². The number of hydrogen-bond donors (Lipinski definition) is 0. The minimum Gasteiger partial charge on any atom is -0.455 e. The van der Waals surface area contributed by atoms with Crippen LogP contribution in [0.5, 0.6) is 0 Å². The van der Waals surface area contributed by atoms with Gasteiger partial charge in [-0.25, -0.2) is 4.79 Å². The van der Waals surface area contributed by atoms with E-state index in [-0.39, 0.29) is 23.8 Å². The number of carbonyl (C=O) groups excluding carboxylic acids is 2. The number of esters is 1. The third kappa shape index (κ3) is 4.60. The van der Waals surface area contributed by atoms with Gasteiger partial charge < -0.3 is 4.74 Å². The van der Waals surface area contributed by atoms with Crippen molar-refractivity contribution in [3.05, 3.63) is 12.2 Å². The van der Waals surface area contributed by atoms with Gasteiger partial charge in [-0.2, -0.15) is 0 Å². The molecule has 3 nitrogen and oxygen atoms in total. The van der Waals surface area contributed by atoms with E-state index >= 15 is 0 Å². The van der Waals surface area contributed by atoms with Crippen molar-refractivity contribution >= 4 is 11.8 Å². The van der Waals surface area contributed by atoms with Crippen LogP contribution in [-0.4, -0.2) is 17.9 Å². The highest BCUT2D eigenvalue weighted by atomic mass is 16.5. The van der Waals surface area contributed by atoms with Crippen molar-refractivity contribution in [1.82, 2.24) is 0 Å². The first kappa shape index (κ1) is 12.9. The molecule has 0 N–H and O–H groups in total. The molecule has 16 heavy (non-hydrogen) atoms. The summed E-state index contributed by atoms with van der Waals surface area (Å²) in [5.74, 6) is 0.229. The average Bonchev–Trinajstić information content (AvgIpc) is 2.63. The Morgan fingerprint density at radius 2 is 2.19 bits per heavy atom. The van der Waals surface area contributed by atoms with Gasteiger partial charge in [-0.05, 0) is 32.3 Å². The molecule has 1 aliphatic heterocycles. The maximum absolute atomic E-state index is 11.0. The van der Waals surface area contributed by atoms with Crippen LogP contribution in [0.2, 0.25) is 0 Å². The number of rotatable bonds is 7. The number of Topliss-reactive ketones (excluding diaryl/α,β-unsaturated/α-hetero) is 1. The number of hydrogen-bond acceptors (Lipinski definition) is 3. The first-order valence-corrected chi connectivity index (χ1v) is 5.99. The van der Waals surface area contributed by atoms with E-state index in [2.05, 4.69) is 0 Å². The van der Waals surface area contributed by atoms with Crippen molar-refractivity contribution in [2.45, 2.75) is 52.1 Å². The lowest BCUT2D eigenvalue weighted by molar-refractivity contribution is -0.138. The zero-order valence-electron chi connectivity index (χ0n) is 10.1. The fourth-order valence-corrected chi connectivity index (χ4v) is 1.74. The van der Waals surface area contributed by atoms with Gasteiger partial charge in [0.05, 0.1) is 0 Å². The van der Waals surface area contributed by atoms with Gasteiger partial charge >= 0.3 is 5.97 Å². The number of carbonyl (C=O) groups is 2. The van der Waals surface area contributed by atoms with Gasteiger partial charge in [0.15, 0.2) is 0 Å². The quantitative estimate of drug-likeness (QED) is 0.493. The third-order valence-electron chi connectivity index (χ3n) is 3.03. The van der Waals surface area contributed by atoms with Crippen molar-refractivity contribution in [2.75, 3.05) is 0 Å². The van der Waals surface area contributed by atoms with E-state index in [0.29, 0.717) is 0 Å². The molecule has 1 aliphatic rings. The summed E-state index contributed by atoms with van der Waals surface area (Å²) in [6, 6.07) is 0. The minimum absolute atomic E-state index is 0.0160. The fourth-order valence-electron chi connectivity index (χ4n) is 1.74. The molecule has 0 spiro atoms. The molecule has 1 rings (SSSR count). The summed E-state index contributed by atoms with van der Waals surface area (Å²) in [7, 11) is 0. The van der Waals surface area contributed by atoms with Crippen molar-refractivity contribution in [3.63, 3.8) is 0 Å². The Morgan fingerprint density at radius 1 is 1.44 bits per heavy atom. The fraction of sp³-hybridized carbons (Fsp3) is 0.692. The number of cyclic esters (lactones) is 1. The van der Waals surface area contributed by atoms with Crippen LogP contribution in [-0.2, 0) is 14.3 Å². The van der Waals surface area contributed by atoms with Gasteiger partial charge in [0.25, 0.3) is 0 Å². The highest BCUT2D eigenvalue weighted by Gasteiger charge is 2.15. The van der Waals surface area contributed by atoms with Crippen molar-refractivity contribution in [2.24, 2.45) is 5.92 Å². The first-order chi connectivity index (χ1) is 7.59. The minimum atomic E-state index is -0.227. The van der Waals surface area contributed by atoms with E-state index < -0.39 is 0 Å². The van der Waals surface area contributed by atoms with Crippen LogP contribution < -0.4 is 0 Å². The van der Waals surface area contributed by atoms with E-state index in [9.17, 15) is 9.59 Å². The zero-order valence-corrected chi connectivity index (χ0v) is 10.1. The lowest BCUT2D eigenvalue weighted by Gasteiger charge is -2.09. The highest BCUT2D eigenvalue weighted by Crippen LogP contribution is 2.15. The summed E-state index contributed by atoms with van der Waals surface area (Å²) >= 11 is 0. The summed E-state index contributed by atoms with van der Waals surface area (Å²) < 4.78 is 5.02. The molecule has 0 aliphatic carbocycles. The molecule has 2 atom stereocenters. The van der Waals surface area contributed by atoms with Crippen LogP contribution in [0.3, 0.4) is 0 Å². The van der Waals surface area contributed by atoms with Gasteiger partial charge in [-0.15, -0.1) is 0 Å². The molecule has 0 saturated carbocycles. The van der Waals surface area contributed by atoms with Gasteiger partial charge in [-0.1, -0.05) is 19.8 Å². The van der Waals surface area contributed by atoms with Gasteiger partial charge in [0.2, 0.25) is 0 Å². The predicted octanol–water partition coefficient (Wildman–Crippen LogP) is 2.64. The number of unbranched alkanes of at least 4 members (excludes halogenated alkanes) is 2. The van der Waals surface area contributed by atoms with Crippen LogP contribution in [0.1, 0.15) is 46.0 Å². The Labute approximate surface area is 96.9 Å². The molecule has 0 amide bonds. The van der Waals surface area contributed by atoms with Crippen molar-refractivity contribution in [3.8, 4) is 0 Å². The normalized spacial score (nSPS) is 20.9. The van der Waals surface area contributed by atoms with E-state index in [0.717, 1.165) is 32.1 Å². The summed E-state index contributed by atoms with van der Waals surface area (Å²) in [5.41, 5.74) is 0. The maximum Gasteiger partial charge on any atom is 0.331 e. The first-order valence-electron chi connectivity index (χ1n) is 5.99. The second-order valence-electron chi connectivity index (χ2n) is 4.48. The van der Waals surface area contributed by atoms with E-state index in [1.165, 1.54) is 6.08 Å². The molecule has 0 aromatic rings. The molecule has 0 radical (unpaired) electrons. The second kappa shape index (κ2) is 6.46. The SMILES string of the molecule is CC(=O)C(C)CCCCC[C@H]1C=CC(=O)O1. The summed E-state index contributed by atoms with van der Waals surface area (Å²) in [6.07, 6.45) is 8.38. The van der Waals surface area contributed by atoms with Crippen molar-refractivity contribution < 1.29 is 14.3 Å². The third-order valence-corrected chi connectivity index (χ3v) is 3.03. The molecular weight excluding hydrogens is 204 g/mol. The zero-order chi connectivity index (χ0) is 12.0. The molecule has 1 unspecified atom stereocenters. The van der Waals surface area contributed by atoms with E-state index in [1.807, 2.05) is 13.0 Å². The summed E-state index contributed by atoms with van der Waals surface area (Å²) in [4.78, 5) is 21.7. The maximum atomic E-state index is 11.0. The van der Waals surface area contributed by atoms with Gasteiger partial charge in [0.1, 0.15) is 11.9 Å². The summed E-state index contributed by atoms with van der Waals surface area (Å²) in [5, 5.41) is 0. The van der Waals surface area contributed by atoms with Gasteiger partial charge in [-0.3, -0.25) is 4.79 Å². The Balaban J connectivity index is 1.98. The molecule has 90 valence electrons. The van der Waals surface area contributed by atoms with Gasteiger partial charge in [0, 0.05) is 12.0 Å². The lowest BCUT2D eigenvalue weighted by Crippen LogP contribution is -2.08. The second-order valence-corrected chi connectivity index (χ2v) is 4.48. The topological polar surface area (TPSA) is 43.4 Å². The number of ketones is 1. The Hall–Kier alpha value is -1.12. The molecule has 0 aromatic carbocycles. The molecule has 0 fully saturated rings. The molecule has 1 heterocycles. The van der Waals surface area contributed by atoms with Crippen LogP contribution in [0.15, 0.2) is 12.2 Å². The smallest absolute Gasteiger partial charge is 0.331 e. The van der Waals surface area contributed by atoms with Crippen LogP contribution in [0.25, 0.3) is 0 Å². The lowest BCUT2D eigenvalue weighted by atomic mass is 9.99. The molecular formula is C13H20O3. The summed E-state index contributed by atoms with van der Waals surface area (Å²) in [6.45, 7) is 3.62. The van der Waals surface area contributed by atoms with Crippen LogP contribution >= 0.6 is 0 Å². The largest absolute Gasteiger partial charge is 0.455 e.